The van der Waals surface area contributed by atoms with Crippen molar-refractivity contribution >= 4 is 34.0 Å². The topological polar surface area (TPSA) is 21.3 Å². The summed E-state index contributed by atoms with van der Waals surface area (Å²) < 4.78 is 6.20. The lowest BCUT2D eigenvalue weighted by atomic mass is 10.0. The van der Waals surface area contributed by atoms with Crippen LogP contribution in [0.5, 0.6) is 5.75 Å². The molecular formula is C26H23Cl2NO. The van der Waals surface area contributed by atoms with E-state index >= 15 is 0 Å². The van der Waals surface area contributed by atoms with Crippen molar-refractivity contribution in [1.29, 1.82) is 0 Å². The van der Waals surface area contributed by atoms with Crippen molar-refractivity contribution in [2.24, 2.45) is 0 Å². The number of hydrogen-bond acceptors (Lipinski definition) is 2. The van der Waals surface area contributed by atoms with E-state index in [1.807, 2.05) is 24.3 Å². The van der Waals surface area contributed by atoms with E-state index < -0.39 is 0 Å². The molecule has 4 heteroatoms. The summed E-state index contributed by atoms with van der Waals surface area (Å²) in [6.07, 6.45) is 0.991. The molecule has 2 nitrogen and oxygen atoms in total. The van der Waals surface area contributed by atoms with Crippen LogP contribution in [0.2, 0.25) is 10.0 Å². The second-order valence-corrected chi connectivity index (χ2v) is 8.03. The monoisotopic (exact) mass is 435 g/mol. The summed E-state index contributed by atoms with van der Waals surface area (Å²) in [5.74, 6) is 0.881. The lowest BCUT2D eigenvalue weighted by Crippen LogP contribution is -2.17. The van der Waals surface area contributed by atoms with Crippen molar-refractivity contribution in [3.05, 3.63) is 112 Å². The average molecular weight is 436 g/mol. The molecule has 152 valence electrons. The van der Waals surface area contributed by atoms with E-state index in [1.54, 1.807) is 6.07 Å². The molecule has 4 aromatic rings. The quantitative estimate of drug-likeness (QED) is 0.299. The maximum absolute atomic E-state index is 6.20. The van der Waals surface area contributed by atoms with E-state index in [1.165, 1.54) is 21.9 Å². The molecule has 0 aromatic heterocycles. The van der Waals surface area contributed by atoms with Gasteiger partial charge in [-0.3, -0.25) is 0 Å². The van der Waals surface area contributed by atoms with Gasteiger partial charge in [0, 0.05) is 12.1 Å². The fourth-order valence-electron chi connectivity index (χ4n) is 3.51. The van der Waals surface area contributed by atoms with Crippen LogP contribution in [-0.4, -0.2) is 6.54 Å². The Morgan fingerprint density at radius 1 is 0.733 bits per heavy atom. The first-order chi connectivity index (χ1) is 14.7. The summed E-state index contributed by atoms with van der Waals surface area (Å²) >= 11 is 12.2. The van der Waals surface area contributed by atoms with Crippen LogP contribution in [0.25, 0.3) is 10.8 Å². The first kappa shape index (κ1) is 20.7. The Morgan fingerprint density at radius 3 is 2.37 bits per heavy atom. The van der Waals surface area contributed by atoms with Gasteiger partial charge in [-0.2, -0.15) is 0 Å². The molecule has 0 unspecified atom stereocenters. The molecule has 0 heterocycles. The first-order valence-corrected chi connectivity index (χ1v) is 10.8. The third kappa shape index (κ3) is 5.14. The SMILES string of the molecule is Clc1ccc(COc2ccc3ccccc3c2CNCCc2ccccc2)cc1Cl. The molecule has 4 aromatic carbocycles. The molecule has 4 rings (SSSR count). The Balaban J connectivity index is 1.49. The molecule has 0 aliphatic heterocycles. The molecule has 0 bridgehead atoms. The Hall–Kier alpha value is -2.52. The Labute approximate surface area is 187 Å². The van der Waals surface area contributed by atoms with Crippen LogP contribution in [0.1, 0.15) is 16.7 Å². The van der Waals surface area contributed by atoms with Gasteiger partial charge in [-0.25, -0.2) is 0 Å². The van der Waals surface area contributed by atoms with Gasteiger partial charge < -0.3 is 10.1 Å². The Bertz CT molecular complexity index is 1130. The fraction of sp³-hybridized carbons (Fsp3) is 0.154. The number of ether oxygens (including phenoxy) is 1. The number of fused-ring (bicyclic) bond motifs is 1. The van der Waals surface area contributed by atoms with Gasteiger partial charge in [0.25, 0.3) is 0 Å². The zero-order valence-corrected chi connectivity index (χ0v) is 18.1. The van der Waals surface area contributed by atoms with E-state index in [4.69, 9.17) is 27.9 Å². The van der Waals surface area contributed by atoms with E-state index in [9.17, 15) is 0 Å². The lowest BCUT2D eigenvalue weighted by Gasteiger charge is -2.15. The van der Waals surface area contributed by atoms with Crippen molar-refractivity contribution in [3.8, 4) is 5.75 Å². The highest BCUT2D eigenvalue weighted by Gasteiger charge is 2.10. The Morgan fingerprint density at radius 2 is 1.53 bits per heavy atom. The standard InChI is InChI=1S/C26H23Cl2NO/c27-24-12-10-20(16-25(24)28)18-30-26-13-11-21-8-4-5-9-22(21)23(26)17-29-15-14-19-6-2-1-3-7-19/h1-13,16,29H,14-15,17-18H2. The fourth-order valence-corrected chi connectivity index (χ4v) is 3.84. The van der Waals surface area contributed by atoms with Crippen molar-refractivity contribution in [2.45, 2.75) is 19.6 Å². The predicted molar refractivity (Wildman–Crippen MR) is 127 cm³/mol. The normalized spacial score (nSPS) is 11.0. The molecule has 0 aliphatic rings. The van der Waals surface area contributed by atoms with Gasteiger partial charge >= 0.3 is 0 Å². The summed E-state index contributed by atoms with van der Waals surface area (Å²) in [6, 6.07) is 28.7. The molecule has 0 fully saturated rings. The minimum Gasteiger partial charge on any atom is -0.489 e. The van der Waals surface area contributed by atoms with Gasteiger partial charge in [0.15, 0.2) is 0 Å². The van der Waals surface area contributed by atoms with Crippen molar-refractivity contribution in [2.75, 3.05) is 6.54 Å². The number of halogens is 2. The predicted octanol–water partition coefficient (Wildman–Crippen LogP) is 7.06. The molecule has 0 aliphatic carbocycles. The average Bonchev–Trinajstić information content (AvgIpc) is 2.78. The molecule has 0 atom stereocenters. The van der Waals surface area contributed by atoms with Crippen LogP contribution in [0.15, 0.2) is 84.9 Å². The van der Waals surface area contributed by atoms with Gasteiger partial charge in [-0.15, -0.1) is 0 Å². The minimum absolute atomic E-state index is 0.437. The highest BCUT2D eigenvalue weighted by molar-refractivity contribution is 6.42. The molecule has 1 N–H and O–H groups in total. The molecule has 0 saturated carbocycles. The second kappa shape index (κ2) is 9.99. The maximum Gasteiger partial charge on any atom is 0.124 e. The minimum atomic E-state index is 0.437. The summed E-state index contributed by atoms with van der Waals surface area (Å²) in [5, 5.41) is 7.08. The van der Waals surface area contributed by atoms with Crippen LogP contribution in [-0.2, 0) is 19.6 Å². The van der Waals surface area contributed by atoms with Gasteiger partial charge in [0.05, 0.1) is 10.0 Å². The number of nitrogens with one attached hydrogen (secondary N) is 1. The highest BCUT2D eigenvalue weighted by atomic mass is 35.5. The van der Waals surface area contributed by atoms with Gasteiger partial charge in [0.2, 0.25) is 0 Å². The van der Waals surface area contributed by atoms with Crippen LogP contribution >= 0.6 is 23.2 Å². The second-order valence-electron chi connectivity index (χ2n) is 7.21. The summed E-state index contributed by atoms with van der Waals surface area (Å²) in [5.41, 5.74) is 3.49. The van der Waals surface area contributed by atoms with Crippen molar-refractivity contribution in [3.63, 3.8) is 0 Å². The molecule has 0 amide bonds. The number of benzene rings is 4. The van der Waals surface area contributed by atoms with E-state index in [2.05, 4.69) is 59.9 Å². The highest BCUT2D eigenvalue weighted by Crippen LogP contribution is 2.29. The van der Waals surface area contributed by atoms with Crippen molar-refractivity contribution in [1.82, 2.24) is 5.32 Å². The molecule has 0 saturated heterocycles. The van der Waals surface area contributed by atoms with E-state index in [0.29, 0.717) is 16.7 Å². The van der Waals surface area contributed by atoms with Gasteiger partial charge in [-0.05, 0) is 53.1 Å². The van der Waals surface area contributed by atoms with Crippen molar-refractivity contribution < 1.29 is 4.74 Å². The van der Waals surface area contributed by atoms with E-state index in [-0.39, 0.29) is 0 Å². The molecule has 0 spiro atoms. The summed E-state index contributed by atoms with van der Waals surface area (Å²) in [6.45, 7) is 2.08. The Kier molecular flexibility index (Phi) is 6.91. The first-order valence-electron chi connectivity index (χ1n) is 10.0. The maximum atomic E-state index is 6.20. The lowest BCUT2D eigenvalue weighted by molar-refractivity contribution is 0.303. The number of hydrogen-bond donors (Lipinski definition) is 1. The summed E-state index contributed by atoms with van der Waals surface area (Å²) in [7, 11) is 0. The third-order valence-electron chi connectivity index (χ3n) is 5.11. The zero-order valence-electron chi connectivity index (χ0n) is 16.6. The third-order valence-corrected chi connectivity index (χ3v) is 5.85. The van der Waals surface area contributed by atoms with Crippen LogP contribution < -0.4 is 10.1 Å². The van der Waals surface area contributed by atoms with Crippen LogP contribution in [0.3, 0.4) is 0 Å². The molecular weight excluding hydrogens is 413 g/mol. The van der Waals surface area contributed by atoms with Crippen LogP contribution in [0.4, 0.5) is 0 Å². The summed E-state index contributed by atoms with van der Waals surface area (Å²) in [4.78, 5) is 0. The smallest absolute Gasteiger partial charge is 0.124 e. The van der Waals surface area contributed by atoms with E-state index in [0.717, 1.165) is 30.8 Å². The molecule has 30 heavy (non-hydrogen) atoms. The zero-order chi connectivity index (χ0) is 20.8. The largest absolute Gasteiger partial charge is 0.489 e. The number of rotatable bonds is 8. The van der Waals surface area contributed by atoms with Crippen LogP contribution in [0, 0.1) is 0 Å². The molecule has 0 radical (unpaired) electrons. The van der Waals surface area contributed by atoms with Gasteiger partial charge in [0.1, 0.15) is 12.4 Å². The van der Waals surface area contributed by atoms with Gasteiger partial charge in [-0.1, -0.05) is 89.9 Å².